The Bertz CT molecular complexity index is 477. The third kappa shape index (κ3) is 3.44. The van der Waals surface area contributed by atoms with Crippen LogP contribution in [-0.2, 0) is 6.42 Å². The highest BCUT2D eigenvalue weighted by Gasteiger charge is 1.96. The van der Waals surface area contributed by atoms with Crippen molar-refractivity contribution in [2.75, 3.05) is 0 Å². The van der Waals surface area contributed by atoms with Gasteiger partial charge in [0.05, 0.1) is 12.1 Å². The van der Waals surface area contributed by atoms with Gasteiger partial charge in [0.1, 0.15) is 0 Å². The molecule has 2 aromatic rings. The normalized spacial score (nSPS) is 10.9. The predicted octanol–water partition coefficient (Wildman–Crippen LogP) is 3.49. The van der Waals surface area contributed by atoms with Crippen LogP contribution in [0.5, 0.6) is 0 Å². The topological polar surface area (TPSA) is 38.4 Å². The Kier molecular flexibility index (Phi) is 4.36. The fourth-order valence-electron chi connectivity index (χ4n) is 1.65. The van der Waals surface area contributed by atoms with Crippen molar-refractivity contribution in [3.63, 3.8) is 0 Å². The van der Waals surface area contributed by atoms with Gasteiger partial charge in [0.2, 0.25) is 0 Å². The van der Waals surface area contributed by atoms with E-state index in [1.54, 1.807) is 0 Å². The lowest BCUT2D eigenvalue weighted by atomic mass is 10.0. The van der Waals surface area contributed by atoms with Gasteiger partial charge >= 0.3 is 0 Å². The van der Waals surface area contributed by atoms with Crippen LogP contribution in [0.1, 0.15) is 5.56 Å². The lowest BCUT2D eigenvalue weighted by Crippen LogP contribution is -1.86. The van der Waals surface area contributed by atoms with Gasteiger partial charge in [0.15, 0.2) is 0 Å². The molecule has 0 heterocycles. The number of nitrogens with two attached hydrogens (primary N) is 1. The summed E-state index contributed by atoms with van der Waals surface area (Å²) in [5.41, 5.74) is 3.72. The molecule has 2 aromatic carbocycles. The van der Waals surface area contributed by atoms with Gasteiger partial charge in [-0.1, -0.05) is 54.6 Å². The van der Waals surface area contributed by atoms with E-state index in [1.165, 1.54) is 16.7 Å². The molecule has 0 fully saturated rings. The van der Waals surface area contributed by atoms with Crippen LogP contribution >= 0.6 is 12.1 Å². The molecule has 3 heteroatoms. The van der Waals surface area contributed by atoms with Gasteiger partial charge in [0, 0.05) is 12.6 Å². The first kappa shape index (κ1) is 11.9. The molecule has 0 atom stereocenters. The molecular formula is C14H14N2S. The molecule has 0 radical (unpaired) electrons. The molecule has 0 bridgehead atoms. The smallest absolute Gasteiger partial charge is 0.0552 e. The zero-order chi connectivity index (χ0) is 11.9. The molecule has 0 spiro atoms. The summed E-state index contributed by atoms with van der Waals surface area (Å²) >= 11 is 0.990. The lowest BCUT2D eigenvalue weighted by molar-refractivity contribution is 1.36. The second kappa shape index (κ2) is 6.23. The van der Waals surface area contributed by atoms with E-state index in [-0.39, 0.29) is 0 Å². The van der Waals surface area contributed by atoms with Crippen molar-refractivity contribution < 1.29 is 0 Å². The minimum absolute atomic E-state index is 0.819. The van der Waals surface area contributed by atoms with Gasteiger partial charge in [-0.25, -0.2) is 4.40 Å². The Morgan fingerprint density at radius 1 is 0.941 bits per heavy atom. The first-order chi connectivity index (χ1) is 8.40. The molecule has 2 N–H and O–H groups in total. The molecule has 0 amide bonds. The number of benzene rings is 2. The van der Waals surface area contributed by atoms with Crippen LogP contribution in [0.15, 0.2) is 59.0 Å². The number of hydrogen-bond donors (Lipinski definition) is 1. The maximum Gasteiger partial charge on any atom is 0.0552 e. The van der Waals surface area contributed by atoms with Crippen LogP contribution in [0.4, 0.5) is 0 Å². The zero-order valence-electron chi connectivity index (χ0n) is 9.41. The van der Waals surface area contributed by atoms with Crippen LogP contribution in [0.3, 0.4) is 0 Å². The molecule has 86 valence electrons. The van der Waals surface area contributed by atoms with E-state index in [1.807, 2.05) is 24.4 Å². The summed E-state index contributed by atoms with van der Waals surface area (Å²) in [6, 6.07) is 18.9. The van der Waals surface area contributed by atoms with Gasteiger partial charge in [0.25, 0.3) is 0 Å². The van der Waals surface area contributed by atoms with Crippen LogP contribution in [0.2, 0.25) is 0 Å². The van der Waals surface area contributed by atoms with Crippen molar-refractivity contribution in [2.45, 2.75) is 6.42 Å². The summed E-state index contributed by atoms with van der Waals surface area (Å²) in [4.78, 5) is 0. The van der Waals surface area contributed by atoms with Crippen LogP contribution in [-0.4, -0.2) is 6.21 Å². The van der Waals surface area contributed by atoms with E-state index in [9.17, 15) is 0 Å². The van der Waals surface area contributed by atoms with E-state index in [2.05, 4.69) is 40.8 Å². The second-order valence-electron chi connectivity index (χ2n) is 3.66. The lowest BCUT2D eigenvalue weighted by Gasteiger charge is -2.02. The molecule has 2 nitrogen and oxygen atoms in total. The Balaban J connectivity index is 2.11. The summed E-state index contributed by atoms with van der Waals surface area (Å²) in [7, 11) is 0. The van der Waals surface area contributed by atoms with Gasteiger partial charge < -0.3 is 0 Å². The van der Waals surface area contributed by atoms with E-state index >= 15 is 0 Å². The largest absolute Gasteiger partial charge is 0.258 e. The molecule has 0 saturated heterocycles. The fourth-order valence-corrected chi connectivity index (χ4v) is 1.81. The zero-order valence-corrected chi connectivity index (χ0v) is 10.2. The Hall–Kier alpha value is -1.58. The average molecular weight is 242 g/mol. The van der Waals surface area contributed by atoms with Crippen molar-refractivity contribution >= 4 is 18.3 Å². The molecule has 2 rings (SSSR count). The highest BCUT2D eigenvalue weighted by Crippen LogP contribution is 2.19. The highest BCUT2D eigenvalue weighted by molar-refractivity contribution is 7.95. The standard InChI is InChI=1S/C14H14N2S/c15-17-16-11-10-12-6-8-14(9-7-12)13-4-2-1-3-5-13/h1-9,11H,10,15H2/b16-11+. The van der Waals surface area contributed by atoms with E-state index in [0.29, 0.717) is 0 Å². The first-order valence-corrected chi connectivity index (χ1v) is 6.26. The monoisotopic (exact) mass is 242 g/mol. The maximum atomic E-state index is 5.21. The molecule has 0 unspecified atom stereocenters. The van der Waals surface area contributed by atoms with E-state index < -0.39 is 0 Å². The van der Waals surface area contributed by atoms with Gasteiger partial charge in [-0.05, 0) is 16.7 Å². The summed E-state index contributed by atoms with van der Waals surface area (Å²) in [6.07, 6.45) is 2.64. The third-order valence-corrected chi connectivity index (χ3v) is 2.79. The van der Waals surface area contributed by atoms with E-state index in [4.69, 9.17) is 5.14 Å². The Morgan fingerprint density at radius 2 is 1.59 bits per heavy atom. The van der Waals surface area contributed by atoms with Gasteiger partial charge in [-0.3, -0.25) is 5.14 Å². The highest BCUT2D eigenvalue weighted by atomic mass is 32.2. The Labute approximate surface area is 106 Å². The molecule has 0 aliphatic rings. The van der Waals surface area contributed by atoms with Crippen LogP contribution < -0.4 is 5.14 Å². The molecule has 0 aliphatic carbocycles. The average Bonchev–Trinajstić information content (AvgIpc) is 2.41. The van der Waals surface area contributed by atoms with Crippen molar-refractivity contribution in [2.24, 2.45) is 9.54 Å². The second-order valence-corrected chi connectivity index (χ2v) is 4.08. The Morgan fingerprint density at radius 3 is 2.24 bits per heavy atom. The molecule has 17 heavy (non-hydrogen) atoms. The number of rotatable bonds is 4. The number of hydrogen-bond acceptors (Lipinski definition) is 3. The molecule has 0 aliphatic heterocycles. The molecule has 0 saturated carbocycles. The van der Waals surface area contributed by atoms with Gasteiger partial charge in [-0.2, -0.15) is 0 Å². The van der Waals surface area contributed by atoms with Crippen LogP contribution in [0, 0.1) is 0 Å². The third-order valence-electron chi connectivity index (χ3n) is 2.52. The first-order valence-electron chi connectivity index (χ1n) is 5.42. The summed E-state index contributed by atoms with van der Waals surface area (Å²) in [5, 5.41) is 5.21. The quantitative estimate of drug-likeness (QED) is 0.658. The summed E-state index contributed by atoms with van der Waals surface area (Å²) in [6.45, 7) is 0. The van der Waals surface area contributed by atoms with Crippen molar-refractivity contribution in [1.29, 1.82) is 0 Å². The summed E-state index contributed by atoms with van der Waals surface area (Å²) < 4.78 is 3.92. The summed E-state index contributed by atoms with van der Waals surface area (Å²) in [5.74, 6) is 0. The van der Waals surface area contributed by atoms with Crippen molar-refractivity contribution in [3.8, 4) is 11.1 Å². The van der Waals surface area contributed by atoms with Crippen molar-refractivity contribution in [3.05, 3.63) is 60.2 Å². The van der Waals surface area contributed by atoms with Crippen molar-refractivity contribution in [1.82, 2.24) is 0 Å². The fraction of sp³-hybridized carbons (Fsp3) is 0.0714. The molecule has 0 aromatic heterocycles. The maximum absolute atomic E-state index is 5.21. The van der Waals surface area contributed by atoms with Crippen LogP contribution in [0.25, 0.3) is 11.1 Å². The predicted molar refractivity (Wildman–Crippen MR) is 75.9 cm³/mol. The number of nitrogens with zero attached hydrogens (tertiary/aromatic N) is 1. The van der Waals surface area contributed by atoms with Gasteiger partial charge in [-0.15, -0.1) is 0 Å². The minimum Gasteiger partial charge on any atom is -0.258 e. The SMILES string of the molecule is NS/N=C/Cc1ccc(-c2ccccc2)cc1. The van der Waals surface area contributed by atoms with E-state index in [0.717, 1.165) is 18.6 Å². The minimum atomic E-state index is 0.819. The molecular weight excluding hydrogens is 228 g/mol.